The van der Waals surface area contributed by atoms with E-state index in [4.69, 9.17) is 12.2 Å². The first kappa shape index (κ1) is 11.0. The topological polar surface area (TPSA) is 20.7 Å². The second-order valence-electron chi connectivity index (χ2n) is 5.59. The first-order chi connectivity index (χ1) is 7.97. The van der Waals surface area contributed by atoms with Gasteiger partial charge in [0.05, 0.1) is 11.0 Å². The summed E-state index contributed by atoms with van der Waals surface area (Å²) < 4.78 is 15.9. The minimum absolute atomic E-state index is 0.229. The minimum Gasteiger partial charge on any atom is -0.330 e. The summed E-state index contributed by atoms with van der Waals surface area (Å²) in [5, 5.41) is 0. The van der Waals surface area contributed by atoms with Gasteiger partial charge >= 0.3 is 0 Å². The lowest BCUT2D eigenvalue weighted by Crippen LogP contribution is -2.03. The van der Waals surface area contributed by atoms with Crippen molar-refractivity contribution < 1.29 is 4.39 Å². The van der Waals surface area contributed by atoms with Crippen molar-refractivity contribution >= 4 is 23.3 Å². The smallest absolute Gasteiger partial charge is 0.178 e. The van der Waals surface area contributed by atoms with Crippen LogP contribution in [0.4, 0.5) is 4.39 Å². The summed E-state index contributed by atoms with van der Waals surface area (Å²) in [6.07, 6.45) is 1.24. The van der Waals surface area contributed by atoms with Gasteiger partial charge in [-0.15, -0.1) is 0 Å². The molecule has 3 rings (SSSR count). The summed E-state index contributed by atoms with van der Waals surface area (Å²) in [6.45, 7) is 5.48. The number of nitrogens with one attached hydrogen (secondary N) is 1. The molecule has 1 saturated carbocycles. The van der Waals surface area contributed by atoms with Gasteiger partial charge < -0.3 is 9.55 Å². The first-order valence-electron chi connectivity index (χ1n) is 5.85. The van der Waals surface area contributed by atoms with E-state index >= 15 is 0 Å². The minimum atomic E-state index is -0.229. The third kappa shape index (κ3) is 1.80. The quantitative estimate of drug-likeness (QED) is 0.802. The zero-order valence-corrected chi connectivity index (χ0v) is 10.8. The fraction of sp³-hybridized carbons (Fsp3) is 0.462. The standard InChI is InChI=1S/C13H15FN2S/c1-13(2)6-8(13)7-16-11-4-3-9(14)5-10(11)15-12(16)17/h3-5,8H,6-7H2,1-2H3,(H,15,17). The third-order valence-corrected chi connectivity index (χ3v) is 4.18. The maximum absolute atomic E-state index is 13.1. The monoisotopic (exact) mass is 250 g/mol. The summed E-state index contributed by atoms with van der Waals surface area (Å²) in [6, 6.07) is 4.78. The number of fused-ring (bicyclic) bond motifs is 1. The van der Waals surface area contributed by atoms with Gasteiger partial charge in [-0.25, -0.2) is 4.39 Å². The number of aromatic nitrogens is 2. The Kier molecular flexibility index (Phi) is 2.20. The van der Waals surface area contributed by atoms with Crippen LogP contribution in [0.5, 0.6) is 0 Å². The summed E-state index contributed by atoms with van der Waals surface area (Å²) >= 11 is 5.30. The van der Waals surface area contributed by atoms with Crippen molar-refractivity contribution in [2.75, 3.05) is 0 Å². The van der Waals surface area contributed by atoms with Gasteiger partial charge in [-0.3, -0.25) is 0 Å². The van der Waals surface area contributed by atoms with Crippen LogP contribution in [0.1, 0.15) is 20.3 Å². The molecule has 0 spiro atoms. The largest absolute Gasteiger partial charge is 0.330 e. The summed E-state index contributed by atoms with van der Waals surface area (Å²) in [4.78, 5) is 3.07. The van der Waals surface area contributed by atoms with E-state index in [1.807, 2.05) is 0 Å². The zero-order valence-electron chi connectivity index (χ0n) is 9.96. The molecule has 17 heavy (non-hydrogen) atoms. The van der Waals surface area contributed by atoms with E-state index < -0.39 is 0 Å². The van der Waals surface area contributed by atoms with Crippen LogP contribution in [0.3, 0.4) is 0 Å². The lowest BCUT2D eigenvalue weighted by atomic mass is 10.1. The number of hydrogen-bond donors (Lipinski definition) is 1. The highest BCUT2D eigenvalue weighted by atomic mass is 32.1. The van der Waals surface area contributed by atoms with E-state index in [1.54, 1.807) is 6.07 Å². The molecule has 0 saturated heterocycles. The molecule has 0 radical (unpaired) electrons. The van der Waals surface area contributed by atoms with E-state index in [1.165, 1.54) is 18.6 Å². The Balaban J connectivity index is 2.04. The molecule has 1 fully saturated rings. The highest BCUT2D eigenvalue weighted by molar-refractivity contribution is 7.71. The van der Waals surface area contributed by atoms with E-state index in [0.29, 0.717) is 16.1 Å². The van der Waals surface area contributed by atoms with Crippen molar-refractivity contribution in [3.63, 3.8) is 0 Å². The first-order valence-corrected chi connectivity index (χ1v) is 6.26. The fourth-order valence-corrected chi connectivity index (χ4v) is 2.71. The van der Waals surface area contributed by atoms with Crippen LogP contribution in [0.2, 0.25) is 0 Å². The third-order valence-electron chi connectivity index (χ3n) is 3.86. The van der Waals surface area contributed by atoms with Crippen LogP contribution in [-0.4, -0.2) is 9.55 Å². The molecule has 1 aliphatic carbocycles. The molecule has 0 aliphatic heterocycles. The average Bonchev–Trinajstić information content (AvgIpc) is 2.71. The van der Waals surface area contributed by atoms with Crippen molar-refractivity contribution in [1.29, 1.82) is 0 Å². The van der Waals surface area contributed by atoms with Crippen LogP contribution >= 0.6 is 12.2 Å². The van der Waals surface area contributed by atoms with Crippen LogP contribution in [0.15, 0.2) is 18.2 Å². The molecular weight excluding hydrogens is 235 g/mol. The van der Waals surface area contributed by atoms with Crippen molar-refractivity contribution in [1.82, 2.24) is 9.55 Å². The molecule has 1 heterocycles. The Morgan fingerprint density at radius 3 is 2.88 bits per heavy atom. The Morgan fingerprint density at radius 2 is 2.24 bits per heavy atom. The molecule has 4 heteroatoms. The van der Waals surface area contributed by atoms with E-state index in [0.717, 1.165) is 17.6 Å². The Labute approximate surface area is 104 Å². The maximum Gasteiger partial charge on any atom is 0.178 e. The molecule has 2 aromatic rings. The van der Waals surface area contributed by atoms with Gasteiger partial charge in [0.1, 0.15) is 5.82 Å². The number of halogens is 1. The van der Waals surface area contributed by atoms with Gasteiger partial charge in [0.2, 0.25) is 0 Å². The number of hydrogen-bond acceptors (Lipinski definition) is 1. The highest BCUT2D eigenvalue weighted by Crippen LogP contribution is 2.52. The Hall–Kier alpha value is -1.16. The molecule has 1 atom stereocenters. The number of aromatic amines is 1. The van der Waals surface area contributed by atoms with Crippen LogP contribution in [-0.2, 0) is 6.54 Å². The van der Waals surface area contributed by atoms with Crippen LogP contribution in [0.25, 0.3) is 11.0 Å². The molecule has 1 aliphatic rings. The molecule has 0 bridgehead atoms. The normalized spacial score (nSPS) is 21.9. The molecule has 90 valence electrons. The zero-order chi connectivity index (χ0) is 12.2. The predicted octanol–water partition coefficient (Wildman–Crippen LogP) is 3.88. The molecule has 1 aromatic carbocycles. The lowest BCUT2D eigenvalue weighted by Gasteiger charge is -2.06. The Bertz CT molecular complexity index is 638. The van der Waals surface area contributed by atoms with Crippen molar-refractivity contribution in [3.8, 4) is 0 Å². The van der Waals surface area contributed by atoms with Crippen molar-refractivity contribution in [2.45, 2.75) is 26.8 Å². The number of imidazole rings is 1. The van der Waals surface area contributed by atoms with Crippen molar-refractivity contribution in [3.05, 3.63) is 28.8 Å². The van der Waals surface area contributed by atoms with Gasteiger partial charge in [0.15, 0.2) is 4.77 Å². The second-order valence-corrected chi connectivity index (χ2v) is 5.98. The highest BCUT2D eigenvalue weighted by Gasteiger charge is 2.45. The number of nitrogens with zero attached hydrogens (tertiary/aromatic N) is 1. The lowest BCUT2D eigenvalue weighted by molar-refractivity contribution is 0.502. The van der Waals surface area contributed by atoms with Crippen molar-refractivity contribution in [2.24, 2.45) is 11.3 Å². The van der Waals surface area contributed by atoms with Gasteiger partial charge in [0.25, 0.3) is 0 Å². The van der Waals surface area contributed by atoms with Gasteiger partial charge in [0, 0.05) is 6.54 Å². The fourth-order valence-electron chi connectivity index (χ4n) is 2.43. The van der Waals surface area contributed by atoms with E-state index in [2.05, 4.69) is 23.4 Å². The maximum atomic E-state index is 13.1. The molecule has 1 unspecified atom stereocenters. The SMILES string of the molecule is CC1(C)CC1Cn1c(=S)[nH]c2cc(F)ccc21. The number of rotatable bonds is 2. The molecule has 1 aromatic heterocycles. The molecule has 1 N–H and O–H groups in total. The molecule has 0 amide bonds. The predicted molar refractivity (Wildman–Crippen MR) is 69.0 cm³/mol. The number of H-pyrrole nitrogens is 1. The van der Waals surface area contributed by atoms with E-state index in [-0.39, 0.29) is 5.82 Å². The van der Waals surface area contributed by atoms with Gasteiger partial charge in [-0.05, 0) is 48.2 Å². The van der Waals surface area contributed by atoms with Gasteiger partial charge in [-0.1, -0.05) is 13.8 Å². The van der Waals surface area contributed by atoms with Crippen LogP contribution < -0.4 is 0 Å². The summed E-state index contributed by atoms with van der Waals surface area (Å²) in [5.74, 6) is 0.450. The molecule has 2 nitrogen and oxygen atoms in total. The summed E-state index contributed by atoms with van der Waals surface area (Å²) in [5.41, 5.74) is 2.21. The van der Waals surface area contributed by atoms with E-state index in [9.17, 15) is 4.39 Å². The van der Waals surface area contributed by atoms with Crippen LogP contribution in [0, 0.1) is 21.9 Å². The average molecular weight is 250 g/mol. The molecular formula is C13H15FN2S. The Morgan fingerprint density at radius 1 is 1.53 bits per heavy atom. The second kappa shape index (κ2) is 3.42. The van der Waals surface area contributed by atoms with Gasteiger partial charge in [-0.2, -0.15) is 0 Å². The summed E-state index contributed by atoms with van der Waals surface area (Å²) in [7, 11) is 0. The number of benzene rings is 1.